The Morgan fingerprint density at radius 3 is 2.65 bits per heavy atom. The third-order valence-electron chi connectivity index (χ3n) is 2.70. The van der Waals surface area contributed by atoms with Crippen LogP contribution < -0.4 is 4.74 Å². The fourth-order valence-electron chi connectivity index (χ4n) is 1.65. The topological polar surface area (TPSA) is 22.1 Å². The fraction of sp³-hybridized carbons (Fsp3) is 0.357. The number of rotatable bonds is 3. The lowest BCUT2D eigenvalue weighted by Gasteiger charge is -2.06. The number of aromatic nitrogens is 1. The fourth-order valence-corrected chi connectivity index (χ4v) is 2.66. The highest BCUT2D eigenvalue weighted by Gasteiger charge is 2.11. The minimum absolute atomic E-state index is 0.469. The average molecular weight is 247 g/mol. The zero-order valence-corrected chi connectivity index (χ0v) is 11.5. The van der Waals surface area contributed by atoms with E-state index in [-0.39, 0.29) is 0 Å². The van der Waals surface area contributed by atoms with Gasteiger partial charge in [0.2, 0.25) is 0 Å². The summed E-state index contributed by atoms with van der Waals surface area (Å²) in [5.74, 6) is 1.37. The summed E-state index contributed by atoms with van der Waals surface area (Å²) in [5, 5.41) is 3.16. The van der Waals surface area contributed by atoms with Crippen molar-refractivity contribution >= 4 is 11.3 Å². The normalized spacial score (nSPS) is 10.9. The zero-order valence-electron chi connectivity index (χ0n) is 10.7. The highest BCUT2D eigenvalue weighted by atomic mass is 32.1. The van der Waals surface area contributed by atoms with Crippen molar-refractivity contribution in [1.29, 1.82) is 0 Å². The number of hydrogen-bond donors (Lipinski definition) is 0. The molecule has 0 saturated heterocycles. The van der Waals surface area contributed by atoms with Gasteiger partial charge in [-0.05, 0) is 30.5 Å². The van der Waals surface area contributed by atoms with Crippen LogP contribution >= 0.6 is 11.3 Å². The molecule has 1 heterocycles. The Morgan fingerprint density at radius 1 is 1.29 bits per heavy atom. The average Bonchev–Trinajstić information content (AvgIpc) is 2.78. The molecule has 0 amide bonds. The highest BCUT2D eigenvalue weighted by molar-refractivity contribution is 7.13. The van der Waals surface area contributed by atoms with Crippen molar-refractivity contribution in [3.05, 3.63) is 34.8 Å². The standard InChI is InChI=1S/C14H17NOS/c1-9(2)12-8-17-14(15-12)11-6-5-10(3)7-13(11)16-4/h5-9H,1-4H3. The van der Waals surface area contributed by atoms with Crippen molar-refractivity contribution in [1.82, 2.24) is 4.98 Å². The maximum atomic E-state index is 5.42. The molecule has 0 aliphatic heterocycles. The van der Waals surface area contributed by atoms with E-state index in [1.807, 2.05) is 6.07 Å². The summed E-state index contributed by atoms with van der Waals surface area (Å²) in [6.45, 7) is 6.38. The predicted molar refractivity (Wildman–Crippen MR) is 72.9 cm³/mol. The molecule has 90 valence electrons. The van der Waals surface area contributed by atoms with Gasteiger partial charge in [0.25, 0.3) is 0 Å². The second-order valence-corrected chi connectivity index (χ2v) is 5.29. The third-order valence-corrected chi connectivity index (χ3v) is 3.59. The maximum absolute atomic E-state index is 5.42. The minimum Gasteiger partial charge on any atom is -0.496 e. The van der Waals surface area contributed by atoms with Crippen LogP contribution in [0, 0.1) is 6.92 Å². The molecule has 0 aliphatic rings. The Kier molecular flexibility index (Phi) is 3.48. The van der Waals surface area contributed by atoms with E-state index in [0.717, 1.165) is 22.0 Å². The van der Waals surface area contributed by atoms with Crippen LogP contribution in [-0.2, 0) is 0 Å². The number of nitrogens with zero attached hydrogens (tertiary/aromatic N) is 1. The molecular formula is C14H17NOS. The van der Waals surface area contributed by atoms with Gasteiger partial charge in [0.05, 0.1) is 18.4 Å². The third kappa shape index (κ3) is 2.50. The first-order valence-corrected chi connectivity index (χ1v) is 6.60. The van der Waals surface area contributed by atoms with Gasteiger partial charge in [-0.2, -0.15) is 0 Å². The Balaban J connectivity index is 2.44. The second kappa shape index (κ2) is 4.88. The molecule has 0 spiro atoms. The molecule has 1 aromatic carbocycles. The van der Waals surface area contributed by atoms with E-state index < -0.39 is 0 Å². The summed E-state index contributed by atoms with van der Waals surface area (Å²) in [4.78, 5) is 4.66. The molecule has 3 heteroatoms. The molecule has 0 radical (unpaired) electrons. The number of benzene rings is 1. The molecule has 0 unspecified atom stereocenters. The number of hydrogen-bond acceptors (Lipinski definition) is 3. The monoisotopic (exact) mass is 247 g/mol. The van der Waals surface area contributed by atoms with E-state index in [1.165, 1.54) is 5.56 Å². The Morgan fingerprint density at radius 2 is 2.06 bits per heavy atom. The van der Waals surface area contributed by atoms with Crippen LogP contribution in [0.4, 0.5) is 0 Å². The Hall–Kier alpha value is -1.35. The summed E-state index contributed by atoms with van der Waals surface area (Å²) in [6.07, 6.45) is 0. The van der Waals surface area contributed by atoms with Gasteiger partial charge in [0.1, 0.15) is 10.8 Å². The van der Waals surface area contributed by atoms with Crippen LogP contribution in [0.3, 0.4) is 0 Å². The Bertz CT molecular complexity index is 517. The lowest BCUT2D eigenvalue weighted by molar-refractivity contribution is 0.416. The lowest BCUT2D eigenvalue weighted by atomic mass is 10.1. The van der Waals surface area contributed by atoms with Gasteiger partial charge in [0.15, 0.2) is 0 Å². The van der Waals surface area contributed by atoms with E-state index in [2.05, 4.69) is 43.3 Å². The summed E-state index contributed by atoms with van der Waals surface area (Å²) in [7, 11) is 1.70. The Labute approximate surface area is 106 Å². The molecule has 0 atom stereocenters. The molecule has 17 heavy (non-hydrogen) atoms. The number of methoxy groups -OCH3 is 1. The first-order chi connectivity index (χ1) is 8.11. The number of thiazole rings is 1. The molecule has 2 nitrogen and oxygen atoms in total. The van der Waals surface area contributed by atoms with Gasteiger partial charge in [-0.25, -0.2) is 4.98 Å². The summed E-state index contributed by atoms with van der Waals surface area (Å²) in [6, 6.07) is 6.22. The van der Waals surface area contributed by atoms with E-state index in [9.17, 15) is 0 Å². The molecular weight excluding hydrogens is 230 g/mol. The van der Waals surface area contributed by atoms with E-state index in [1.54, 1.807) is 18.4 Å². The maximum Gasteiger partial charge on any atom is 0.129 e. The van der Waals surface area contributed by atoms with Crippen molar-refractivity contribution in [2.75, 3.05) is 7.11 Å². The van der Waals surface area contributed by atoms with Crippen molar-refractivity contribution in [3.63, 3.8) is 0 Å². The SMILES string of the molecule is COc1cc(C)ccc1-c1nc(C(C)C)cs1. The number of aryl methyl sites for hydroxylation is 1. The van der Waals surface area contributed by atoms with E-state index >= 15 is 0 Å². The molecule has 0 fully saturated rings. The van der Waals surface area contributed by atoms with Crippen molar-refractivity contribution in [2.45, 2.75) is 26.7 Å². The molecule has 2 rings (SSSR count). The molecule has 0 N–H and O–H groups in total. The van der Waals surface area contributed by atoms with Gasteiger partial charge in [-0.15, -0.1) is 11.3 Å². The van der Waals surface area contributed by atoms with E-state index in [0.29, 0.717) is 5.92 Å². The van der Waals surface area contributed by atoms with Crippen LogP contribution in [0.15, 0.2) is 23.6 Å². The van der Waals surface area contributed by atoms with Crippen molar-refractivity contribution in [2.24, 2.45) is 0 Å². The van der Waals surface area contributed by atoms with Crippen molar-refractivity contribution < 1.29 is 4.74 Å². The van der Waals surface area contributed by atoms with E-state index in [4.69, 9.17) is 4.74 Å². The lowest BCUT2D eigenvalue weighted by Crippen LogP contribution is -1.90. The molecule has 0 saturated carbocycles. The van der Waals surface area contributed by atoms with Gasteiger partial charge in [0, 0.05) is 5.38 Å². The largest absolute Gasteiger partial charge is 0.496 e. The van der Waals surface area contributed by atoms with Gasteiger partial charge in [-0.1, -0.05) is 19.9 Å². The molecule has 1 aromatic heterocycles. The van der Waals surface area contributed by atoms with Gasteiger partial charge < -0.3 is 4.74 Å². The van der Waals surface area contributed by atoms with Crippen molar-refractivity contribution in [3.8, 4) is 16.3 Å². The van der Waals surface area contributed by atoms with Crippen LogP contribution in [0.2, 0.25) is 0 Å². The highest BCUT2D eigenvalue weighted by Crippen LogP contribution is 2.34. The quantitative estimate of drug-likeness (QED) is 0.809. The first-order valence-electron chi connectivity index (χ1n) is 5.72. The summed E-state index contributed by atoms with van der Waals surface area (Å²) >= 11 is 1.68. The molecule has 2 aromatic rings. The molecule has 0 aliphatic carbocycles. The minimum atomic E-state index is 0.469. The zero-order chi connectivity index (χ0) is 12.4. The second-order valence-electron chi connectivity index (χ2n) is 4.44. The van der Waals surface area contributed by atoms with Gasteiger partial charge in [-0.3, -0.25) is 0 Å². The molecule has 0 bridgehead atoms. The van der Waals surface area contributed by atoms with Crippen LogP contribution in [0.25, 0.3) is 10.6 Å². The van der Waals surface area contributed by atoms with Gasteiger partial charge >= 0.3 is 0 Å². The first kappa shape index (κ1) is 12.1. The van der Waals surface area contributed by atoms with Crippen LogP contribution in [0.1, 0.15) is 31.0 Å². The van der Waals surface area contributed by atoms with Crippen LogP contribution in [0.5, 0.6) is 5.75 Å². The summed E-state index contributed by atoms with van der Waals surface area (Å²) in [5.41, 5.74) is 3.42. The number of ether oxygens (including phenoxy) is 1. The predicted octanol–water partition coefficient (Wildman–Crippen LogP) is 4.25. The van der Waals surface area contributed by atoms with Crippen LogP contribution in [-0.4, -0.2) is 12.1 Å². The smallest absolute Gasteiger partial charge is 0.129 e. The summed E-state index contributed by atoms with van der Waals surface area (Å²) < 4.78 is 5.42.